The Labute approximate surface area is 115 Å². The quantitative estimate of drug-likeness (QED) is 0.849. The number of nitrogens with zero attached hydrogens (tertiary/aromatic N) is 1. The van der Waals surface area contributed by atoms with Crippen LogP contribution < -0.4 is 14.8 Å². The average molecular weight is 278 g/mol. The molecule has 0 aliphatic carbocycles. The Hall–Kier alpha value is -1.69. The van der Waals surface area contributed by atoms with Crippen LogP contribution in [-0.2, 0) is 0 Å². The minimum atomic E-state index is -0.163. The Kier molecular flexibility index (Phi) is 3.59. The molecular formula is C13H14N2O3S. The molecule has 3 rings (SSSR count). The van der Waals surface area contributed by atoms with Crippen LogP contribution >= 0.6 is 11.8 Å². The summed E-state index contributed by atoms with van der Waals surface area (Å²) in [5.41, 5.74) is 0.555. The number of amidine groups is 1. The Morgan fingerprint density at radius 3 is 2.89 bits per heavy atom. The molecule has 1 aromatic rings. The lowest BCUT2D eigenvalue weighted by molar-refractivity contribution is 0.0977. The van der Waals surface area contributed by atoms with Gasteiger partial charge in [-0.05, 0) is 18.2 Å². The molecule has 0 fully saturated rings. The fraction of sp³-hybridized carbons (Fsp3) is 0.385. The molecule has 19 heavy (non-hydrogen) atoms. The smallest absolute Gasteiger partial charge is 0.257 e. The van der Waals surface area contributed by atoms with Gasteiger partial charge in [0.1, 0.15) is 0 Å². The molecule has 100 valence electrons. The Morgan fingerprint density at radius 2 is 2.11 bits per heavy atom. The number of rotatable bonds is 1. The predicted molar refractivity (Wildman–Crippen MR) is 74.3 cm³/mol. The van der Waals surface area contributed by atoms with Gasteiger partial charge < -0.3 is 14.8 Å². The van der Waals surface area contributed by atoms with Gasteiger partial charge in [0.25, 0.3) is 5.91 Å². The summed E-state index contributed by atoms with van der Waals surface area (Å²) in [6, 6.07) is 5.23. The normalized spacial score (nSPS) is 17.6. The third kappa shape index (κ3) is 2.84. The minimum Gasteiger partial charge on any atom is -0.490 e. The largest absolute Gasteiger partial charge is 0.490 e. The molecule has 1 amide bonds. The lowest BCUT2D eigenvalue weighted by Crippen LogP contribution is -2.27. The second-order valence-electron chi connectivity index (χ2n) is 4.20. The summed E-state index contributed by atoms with van der Waals surface area (Å²) < 4.78 is 11.1. The van der Waals surface area contributed by atoms with Crippen molar-refractivity contribution in [1.29, 1.82) is 0 Å². The highest BCUT2D eigenvalue weighted by Crippen LogP contribution is 2.30. The first kappa shape index (κ1) is 12.3. The summed E-state index contributed by atoms with van der Waals surface area (Å²) in [6.45, 7) is 2.02. The average Bonchev–Trinajstić information content (AvgIpc) is 2.81. The fourth-order valence-corrected chi connectivity index (χ4v) is 2.61. The topological polar surface area (TPSA) is 59.9 Å². The van der Waals surface area contributed by atoms with Crippen molar-refractivity contribution in [3.8, 4) is 11.5 Å². The van der Waals surface area contributed by atoms with Crippen LogP contribution in [0.2, 0.25) is 0 Å². The van der Waals surface area contributed by atoms with E-state index in [-0.39, 0.29) is 5.91 Å². The van der Waals surface area contributed by atoms with Crippen LogP contribution in [0.3, 0.4) is 0 Å². The first-order valence-corrected chi connectivity index (χ1v) is 7.20. The molecular weight excluding hydrogens is 264 g/mol. The number of thioether (sulfide) groups is 1. The third-order valence-corrected chi connectivity index (χ3v) is 3.71. The molecule has 0 unspecified atom stereocenters. The zero-order valence-corrected chi connectivity index (χ0v) is 11.2. The van der Waals surface area contributed by atoms with Crippen LogP contribution in [0.4, 0.5) is 0 Å². The summed E-state index contributed by atoms with van der Waals surface area (Å²) in [7, 11) is 0. The molecule has 0 spiro atoms. The molecule has 2 aliphatic rings. The standard InChI is InChI=1S/C13H14N2O3S/c16-12(15-13-14-4-7-19-13)9-2-3-10-11(8-9)18-6-1-5-17-10/h2-3,8H,1,4-7H2,(H,14,15,16). The summed E-state index contributed by atoms with van der Waals surface area (Å²) in [4.78, 5) is 16.3. The molecule has 2 heterocycles. The van der Waals surface area contributed by atoms with Gasteiger partial charge in [0, 0.05) is 17.7 Å². The highest BCUT2D eigenvalue weighted by atomic mass is 32.2. The van der Waals surface area contributed by atoms with E-state index in [0.717, 1.165) is 18.7 Å². The SMILES string of the molecule is O=C(NC1=NCCS1)c1ccc2c(c1)OCCCO2. The summed E-state index contributed by atoms with van der Waals surface area (Å²) in [5.74, 6) is 2.09. The van der Waals surface area contributed by atoms with Gasteiger partial charge in [-0.3, -0.25) is 9.79 Å². The summed E-state index contributed by atoms with van der Waals surface area (Å²) in [5, 5.41) is 3.49. The van der Waals surface area contributed by atoms with Gasteiger partial charge >= 0.3 is 0 Å². The van der Waals surface area contributed by atoms with E-state index in [4.69, 9.17) is 9.47 Å². The highest BCUT2D eigenvalue weighted by molar-refractivity contribution is 8.14. The van der Waals surface area contributed by atoms with Crippen molar-refractivity contribution >= 4 is 22.8 Å². The molecule has 1 aromatic carbocycles. The van der Waals surface area contributed by atoms with Crippen LogP contribution in [0.1, 0.15) is 16.8 Å². The molecule has 0 aromatic heterocycles. The third-order valence-electron chi connectivity index (χ3n) is 2.82. The van der Waals surface area contributed by atoms with Crippen LogP contribution in [0.5, 0.6) is 11.5 Å². The number of nitrogens with one attached hydrogen (secondary N) is 1. The molecule has 0 saturated carbocycles. The Balaban J connectivity index is 1.77. The number of hydrogen-bond donors (Lipinski definition) is 1. The maximum Gasteiger partial charge on any atom is 0.257 e. The van der Waals surface area contributed by atoms with E-state index in [1.807, 2.05) is 0 Å². The number of carbonyl (C=O) groups is 1. The van der Waals surface area contributed by atoms with Gasteiger partial charge in [-0.25, -0.2) is 0 Å². The molecule has 5 nitrogen and oxygen atoms in total. The van der Waals surface area contributed by atoms with Crippen molar-refractivity contribution in [1.82, 2.24) is 5.32 Å². The van der Waals surface area contributed by atoms with Crippen LogP contribution in [0.15, 0.2) is 23.2 Å². The van der Waals surface area contributed by atoms with E-state index >= 15 is 0 Å². The zero-order chi connectivity index (χ0) is 13.1. The Bertz CT molecular complexity index is 531. The summed E-state index contributed by atoms with van der Waals surface area (Å²) >= 11 is 1.56. The van der Waals surface area contributed by atoms with Crippen molar-refractivity contribution < 1.29 is 14.3 Å². The van der Waals surface area contributed by atoms with Gasteiger partial charge in [0.2, 0.25) is 0 Å². The van der Waals surface area contributed by atoms with Crippen LogP contribution in [0.25, 0.3) is 0 Å². The Morgan fingerprint density at radius 1 is 1.26 bits per heavy atom. The molecule has 0 bridgehead atoms. The number of hydrogen-bond acceptors (Lipinski definition) is 5. The maximum atomic E-state index is 12.1. The van der Waals surface area contributed by atoms with Gasteiger partial charge in [0.15, 0.2) is 16.7 Å². The highest BCUT2D eigenvalue weighted by Gasteiger charge is 2.16. The molecule has 2 aliphatic heterocycles. The molecule has 6 heteroatoms. The minimum absolute atomic E-state index is 0.163. The van der Waals surface area contributed by atoms with Crippen LogP contribution in [0, 0.1) is 0 Å². The summed E-state index contributed by atoms with van der Waals surface area (Å²) in [6.07, 6.45) is 0.851. The second-order valence-corrected chi connectivity index (χ2v) is 5.29. The van der Waals surface area contributed by atoms with Gasteiger partial charge in [-0.15, -0.1) is 0 Å². The monoisotopic (exact) mass is 278 g/mol. The zero-order valence-electron chi connectivity index (χ0n) is 10.3. The number of ether oxygens (including phenoxy) is 2. The predicted octanol–water partition coefficient (Wildman–Crippen LogP) is 1.68. The molecule has 1 N–H and O–H groups in total. The fourth-order valence-electron chi connectivity index (χ4n) is 1.88. The lowest BCUT2D eigenvalue weighted by Gasteiger charge is -2.09. The van der Waals surface area contributed by atoms with E-state index in [1.54, 1.807) is 30.0 Å². The van der Waals surface area contributed by atoms with Gasteiger partial charge in [-0.1, -0.05) is 11.8 Å². The number of benzene rings is 1. The number of carbonyl (C=O) groups excluding carboxylic acids is 1. The molecule has 0 atom stereocenters. The van der Waals surface area contributed by atoms with Crippen LogP contribution in [-0.4, -0.2) is 36.6 Å². The van der Waals surface area contributed by atoms with E-state index in [1.165, 1.54) is 0 Å². The lowest BCUT2D eigenvalue weighted by atomic mass is 10.2. The molecule has 0 radical (unpaired) electrons. The van der Waals surface area contributed by atoms with E-state index in [2.05, 4.69) is 10.3 Å². The number of amides is 1. The van der Waals surface area contributed by atoms with E-state index in [0.29, 0.717) is 35.4 Å². The van der Waals surface area contributed by atoms with Crippen molar-refractivity contribution in [2.24, 2.45) is 4.99 Å². The maximum absolute atomic E-state index is 12.1. The van der Waals surface area contributed by atoms with Crippen molar-refractivity contribution in [2.75, 3.05) is 25.5 Å². The number of fused-ring (bicyclic) bond motifs is 1. The first-order chi connectivity index (χ1) is 9.33. The van der Waals surface area contributed by atoms with Crippen molar-refractivity contribution in [3.05, 3.63) is 23.8 Å². The van der Waals surface area contributed by atoms with Gasteiger partial charge in [-0.2, -0.15) is 0 Å². The van der Waals surface area contributed by atoms with E-state index < -0.39 is 0 Å². The van der Waals surface area contributed by atoms with E-state index in [9.17, 15) is 4.79 Å². The molecule has 0 saturated heterocycles. The van der Waals surface area contributed by atoms with Crippen molar-refractivity contribution in [3.63, 3.8) is 0 Å². The first-order valence-electron chi connectivity index (χ1n) is 6.21. The number of aliphatic imine (C=N–C) groups is 1. The van der Waals surface area contributed by atoms with Crippen molar-refractivity contribution in [2.45, 2.75) is 6.42 Å². The van der Waals surface area contributed by atoms with Gasteiger partial charge in [0.05, 0.1) is 19.8 Å². The second kappa shape index (κ2) is 5.52.